The SMILES string of the molecule is C=CCN1Cc2c(-c3ccc(N(C)C)cc3)c3cc(C(=O)/C=C/c4ccc(C)cc4)ccn3c2C1=O. The first-order valence-corrected chi connectivity index (χ1v) is 12.0. The molecule has 5 heteroatoms. The van der Waals surface area contributed by atoms with E-state index < -0.39 is 0 Å². The van der Waals surface area contributed by atoms with Crippen LogP contribution in [0.3, 0.4) is 0 Å². The lowest BCUT2D eigenvalue weighted by molar-refractivity contribution is 0.0790. The van der Waals surface area contributed by atoms with Crippen LogP contribution < -0.4 is 4.90 Å². The highest BCUT2D eigenvalue weighted by atomic mass is 16.2. The smallest absolute Gasteiger partial charge is 0.271 e. The van der Waals surface area contributed by atoms with E-state index in [2.05, 4.69) is 35.7 Å². The number of rotatable bonds is 7. The van der Waals surface area contributed by atoms with E-state index in [4.69, 9.17) is 0 Å². The Kier molecular flexibility index (Phi) is 6.06. The average Bonchev–Trinajstić information content (AvgIpc) is 3.37. The van der Waals surface area contributed by atoms with E-state index in [1.807, 2.05) is 68.0 Å². The molecular weight excluding hydrogens is 446 g/mol. The Balaban J connectivity index is 1.60. The van der Waals surface area contributed by atoms with Crippen LogP contribution in [-0.2, 0) is 6.54 Å². The van der Waals surface area contributed by atoms with E-state index in [9.17, 15) is 9.59 Å². The summed E-state index contributed by atoms with van der Waals surface area (Å²) >= 11 is 0. The van der Waals surface area contributed by atoms with Crippen LogP contribution in [0.15, 0.2) is 85.6 Å². The van der Waals surface area contributed by atoms with Crippen LogP contribution >= 0.6 is 0 Å². The molecule has 5 nitrogen and oxygen atoms in total. The van der Waals surface area contributed by atoms with Gasteiger partial charge in [0.25, 0.3) is 5.91 Å². The molecule has 1 aliphatic heterocycles. The largest absolute Gasteiger partial charge is 0.378 e. The van der Waals surface area contributed by atoms with Gasteiger partial charge in [0.15, 0.2) is 5.78 Å². The van der Waals surface area contributed by atoms with E-state index in [1.165, 1.54) is 5.56 Å². The molecule has 0 fully saturated rings. The zero-order valence-electron chi connectivity index (χ0n) is 20.9. The summed E-state index contributed by atoms with van der Waals surface area (Å²) in [5.74, 6) is -0.0950. The summed E-state index contributed by atoms with van der Waals surface area (Å²) in [4.78, 5) is 30.2. The van der Waals surface area contributed by atoms with E-state index in [0.29, 0.717) is 24.3 Å². The minimum Gasteiger partial charge on any atom is -0.378 e. The van der Waals surface area contributed by atoms with E-state index in [1.54, 1.807) is 23.1 Å². The Labute approximate surface area is 211 Å². The number of anilines is 1. The van der Waals surface area contributed by atoms with Gasteiger partial charge in [-0.1, -0.05) is 54.1 Å². The second-order valence-corrected chi connectivity index (χ2v) is 9.40. The first-order valence-electron chi connectivity index (χ1n) is 12.0. The van der Waals surface area contributed by atoms with E-state index in [-0.39, 0.29) is 11.7 Å². The minimum atomic E-state index is -0.0760. The molecule has 0 spiro atoms. The molecule has 36 heavy (non-hydrogen) atoms. The normalized spacial score (nSPS) is 13.0. The molecule has 3 heterocycles. The number of allylic oxidation sites excluding steroid dienone is 1. The maximum absolute atomic E-state index is 13.3. The standard InChI is InChI=1S/C31H29N3O2/c1-5-17-33-20-26-29(23-11-13-25(14-12-23)32(3)4)27-19-24(16-18-34(27)30(26)31(33)36)28(35)15-10-22-8-6-21(2)7-9-22/h5-16,18-19H,1,17,20H2,2-4H3/b15-10+. The number of hydrogen-bond acceptors (Lipinski definition) is 3. The molecule has 5 rings (SSSR count). The number of nitrogens with zero attached hydrogens (tertiary/aromatic N) is 3. The Bertz CT molecular complexity index is 1510. The third-order valence-electron chi connectivity index (χ3n) is 6.69. The summed E-state index contributed by atoms with van der Waals surface area (Å²) < 4.78 is 1.93. The molecule has 2 aromatic heterocycles. The predicted octanol–water partition coefficient (Wildman–Crippen LogP) is 6.02. The van der Waals surface area contributed by atoms with Gasteiger partial charge in [0.05, 0.1) is 5.52 Å². The van der Waals surface area contributed by atoms with Crippen molar-refractivity contribution < 1.29 is 9.59 Å². The highest BCUT2D eigenvalue weighted by Crippen LogP contribution is 2.39. The molecule has 0 saturated carbocycles. The van der Waals surface area contributed by atoms with E-state index in [0.717, 1.165) is 33.5 Å². The van der Waals surface area contributed by atoms with Crippen molar-refractivity contribution in [3.05, 3.63) is 114 Å². The fraction of sp³-hybridized carbons (Fsp3) is 0.161. The summed E-state index contributed by atoms with van der Waals surface area (Å²) in [6, 6.07) is 20.0. The molecule has 1 amide bonds. The van der Waals surface area contributed by atoms with Crippen molar-refractivity contribution in [2.45, 2.75) is 13.5 Å². The van der Waals surface area contributed by atoms with Gasteiger partial charge in [0.1, 0.15) is 5.69 Å². The number of aromatic nitrogens is 1. The number of pyridine rings is 1. The lowest BCUT2D eigenvalue weighted by Gasteiger charge is -2.16. The topological polar surface area (TPSA) is 45.0 Å². The number of carbonyl (C=O) groups excluding carboxylic acids is 2. The van der Waals surface area contributed by atoms with Crippen LogP contribution in [0.25, 0.3) is 22.7 Å². The van der Waals surface area contributed by atoms with Gasteiger partial charge in [-0.3, -0.25) is 9.59 Å². The summed E-state index contributed by atoms with van der Waals surface area (Å²) in [7, 11) is 4.02. The highest BCUT2D eigenvalue weighted by molar-refractivity contribution is 6.09. The highest BCUT2D eigenvalue weighted by Gasteiger charge is 2.34. The van der Waals surface area contributed by atoms with Crippen LogP contribution in [0.2, 0.25) is 0 Å². The van der Waals surface area contributed by atoms with Gasteiger partial charge in [-0.2, -0.15) is 0 Å². The monoisotopic (exact) mass is 475 g/mol. The molecular formula is C31H29N3O2. The number of ketones is 1. The predicted molar refractivity (Wildman–Crippen MR) is 147 cm³/mol. The molecule has 2 aromatic carbocycles. The summed E-state index contributed by atoms with van der Waals surface area (Å²) in [6.45, 7) is 6.85. The number of hydrogen-bond donors (Lipinski definition) is 0. The Morgan fingerprint density at radius 2 is 1.78 bits per heavy atom. The van der Waals surface area contributed by atoms with Gasteiger partial charge in [-0.05, 0) is 48.4 Å². The number of benzene rings is 2. The third kappa shape index (κ3) is 4.13. The fourth-order valence-corrected chi connectivity index (χ4v) is 4.76. The lowest BCUT2D eigenvalue weighted by Crippen LogP contribution is -2.25. The second-order valence-electron chi connectivity index (χ2n) is 9.40. The van der Waals surface area contributed by atoms with Gasteiger partial charge in [0.2, 0.25) is 0 Å². The number of aryl methyl sites for hydroxylation is 1. The first-order chi connectivity index (χ1) is 17.4. The summed E-state index contributed by atoms with van der Waals surface area (Å²) in [6.07, 6.45) is 7.03. The maximum Gasteiger partial charge on any atom is 0.271 e. The van der Waals surface area contributed by atoms with Gasteiger partial charge >= 0.3 is 0 Å². The van der Waals surface area contributed by atoms with Crippen LogP contribution in [-0.4, -0.2) is 41.6 Å². The molecule has 1 aliphatic rings. The van der Waals surface area contributed by atoms with Crippen LogP contribution in [0.1, 0.15) is 37.5 Å². The quantitative estimate of drug-likeness (QED) is 0.187. The van der Waals surface area contributed by atoms with Crippen LogP contribution in [0.5, 0.6) is 0 Å². The van der Waals surface area contributed by atoms with Crippen molar-refractivity contribution in [2.75, 3.05) is 25.5 Å². The van der Waals surface area contributed by atoms with Gasteiger partial charge in [-0.15, -0.1) is 6.58 Å². The lowest BCUT2D eigenvalue weighted by atomic mass is 10.00. The summed E-state index contributed by atoms with van der Waals surface area (Å²) in [5, 5.41) is 0. The van der Waals surface area contributed by atoms with Crippen molar-refractivity contribution in [3.63, 3.8) is 0 Å². The van der Waals surface area contributed by atoms with Crippen molar-refractivity contribution in [3.8, 4) is 11.1 Å². The number of carbonyl (C=O) groups is 2. The Morgan fingerprint density at radius 1 is 1.06 bits per heavy atom. The molecule has 0 bridgehead atoms. The average molecular weight is 476 g/mol. The van der Waals surface area contributed by atoms with Gasteiger partial charge in [-0.25, -0.2) is 0 Å². The van der Waals surface area contributed by atoms with Gasteiger partial charge in [0, 0.05) is 55.8 Å². The first kappa shape index (κ1) is 23.4. The molecule has 180 valence electrons. The minimum absolute atomic E-state index is 0.0191. The van der Waals surface area contributed by atoms with Gasteiger partial charge < -0.3 is 14.2 Å². The zero-order valence-corrected chi connectivity index (χ0v) is 20.9. The molecule has 0 saturated heterocycles. The molecule has 4 aromatic rings. The van der Waals surface area contributed by atoms with Crippen molar-refractivity contribution >= 4 is 29.0 Å². The maximum atomic E-state index is 13.3. The molecule has 0 aliphatic carbocycles. The molecule has 0 N–H and O–H groups in total. The van der Waals surface area contributed by atoms with E-state index >= 15 is 0 Å². The van der Waals surface area contributed by atoms with Crippen molar-refractivity contribution in [1.82, 2.24) is 9.30 Å². The molecule has 0 unspecified atom stereocenters. The third-order valence-corrected chi connectivity index (χ3v) is 6.69. The molecule has 0 radical (unpaired) electrons. The van der Waals surface area contributed by atoms with Crippen LogP contribution in [0.4, 0.5) is 5.69 Å². The second kappa shape index (κ2) is 9.34. The summed E-state index contributed by atoms with van der Waals surface area (Å²) in [5.41, 5.74) is 8.36. The molecule has 0 atom stereocenters. The Morgan fingerprint density at radius 3 is 2.44 bits per heavy atom. The number of fused-ring (bicyclic) bond motifs is 3. The van der Waals surface area contributed by atoms with Crippen molar-refractivity contribution in [1.29, 1.82) is 0 Å². The number of amides is 1. The Hall–Kier alpha value is -4.38. The van der Waals surface area contributed by atoms with Crippen LogP contribution in [0, 0.1) is 6.92 Å². The van der Waals surface area contributed by atoms with Crippen molar-refractivity contribution in [2.24, 2.45) is 0 Å². The zero-order chi connectivity index (χ0) is 25.4. The fourth-order valence-electron chi connectivity index (χ4n) is 4.76.